The summed E-state index contributed by atoms with van der Waals surface area (Å²) < 4.78 is 3.59. The molecule has 0 aliphatic carbocycles. The first-order valence-electron chi connectivity index (χ1n) is 3.54. The van der Waals surface area contributed by atoms with Gasteiger partial charge in [-0.15, -0.1) is 0 Å². The zero-order chi connectivity index (χ0) is 10.8. The zero-order valence-corrected chi connectivity index (χ0v) is 9.05. The SMILES string of the molecule is O=C(O)COC1N=CC(Cl)(Cl)C=C1Cl. The fourth-order valence-corrected chi connectivity index (χ4v) is 1.55. The van der Waals surface area contributed by atoms with Gasteiger partial charge in [0.1, 0.15) is 6.61 Å². The van der Waals surface area contributed by atoms with Gasteiger partial charge in [-0.25, -0.2) is 4.79 Å². The zero-order valence-electron chi connectivity index (χ0n) is 6.78. The van der Waals surface area contributed by atoms with E-state index in [1.54, 1.807) is 0 Å². The van der Waals surface area contributed by atoms with Gasteiger partial charge in [-0.2, -0.15) is 0 Å². The van der Waals surface area contributed by atoms with Crippen LogP contribution in [0.3, 0.4) is 0 Å². The van der Waals surface area contributed by atoms with Crippen molar-refractivity contribution in [1.82, 2.24) is 0 Å². The molecule has 0 aromatic rings. The molecule has 1 N–H and O–H groups in total. The van der Waals surface area contributed by atoms with E-state index in [2.05, 4.69) is 4.99 Å². The van der Waals surface area contributed by atoms with Crippen molar-refractivity contribution in [3.05, 3.63) is 11.1 Å². The molecule has 0 saturated heterocycles. The molecule has 1 heterocycles. The lowest BCUT2D eigenvalue weighted by atomic mass is 10.3. The molecule has 0 saturated carbocycles. The highest BCUT2D eigenvalue weighted by Crippen LogP contribution is 2.29. The average molecular weight is 258 g/mol. The molecule has 0 bridgehead atoms. The number of nitrogens with zero attached hydrogens (tertiary/aromatic N) is 1. The maximum atomic E-state index is 10.2. The Hall–Kier alpha value is -0.290. The number of allylic oxidation sites excluding steroid dienone is 1. The number of aliphatic imine (C=N–C) groups is 1. The van der Waals surface area contributed by atoms with Crippen LogP contribution in [-0.4, -0.2) is 34.5 Å². The summed E-state index contributed by atoms with van der Waals surface area (Å²) in [6.07, 6.45) is 1.73. The topological polar surface area (TPSA) is 58.9 Å². The molecule has 0 radical (unpaired) electrons. The fraction of sp³-hybridized carbons (Fsp3) is 0.429. The second-order valence-corrected chi connectivity index (χ2v) is 4.42. The highest BCUT2D eigenvalue weighted by atomic mass is 35.5. The van der Waals surface area contributed by atoms with Gasteiger partial charge in [0.2, 0.25) is 0 Å². The first-order chi connectivity index (χ1) is 6.41. The second-order valence-electron chi connectivity index (χ2n) is 2.54. The molecule has 4 nitrogen and oxygen atoms in total. The molecular formula is C7H6Cl3NO3. The lowest BCUT2D eigenvalue weighted by Gasteiger charge is -2.20. The Morgan fingerprint density at radius 2 is 2.36 bits per heavy atom. The highest BCUT2D eigenvalue weighted by molar-refractivity contribution is 6.58. The minimum atomic E-state index is -1.25. The molecule has 14 heavy (non-hydrogen) atoms. The molecule has 7 heteroatoms. The maximum Gasteiger partial charge on any atom is 0.329 e. The molecular weight excluding hydrogens is 252 g/mol. The van der Waals surface area contributed by atoms with Crippen molar-refractivity contribution in [2.24, 2.45) is 4.99 Å². The smallest absolute Gasteiger partial charge is 0.329 e. The van der Waals surface area contributed by atoms with E-state index < -0.39 is 23.1 Å². The van der Waals surface area contributed by atoms with Crippen molar-refractivity contribution in [2.75, 3.05) is 6.61 Å². The van der Waals surface area contributed by atoms with Gasteiger partial charge in [0.25, 0.3) is 0 Å². The van der Waals surface area contributed by atoms with E-state index in [0.29, 0.717) is 0 Å². The maximum absolute atomic E-state index is 10.2. The molecule has 1 rings (SSSR count). The number of carbonyl (C=O) groups is 1. The van der Waals surface area contributed by atoms with Gasteiger partial charge in [-0.3, -0.25) is 4.99 Å². The number of ether oxygens (including phenoxy) is 1. The van der Waals surface area contributed by atoms with E-state index in [0.717, 1.165) is 0 Å². The number of halogens is 3. The minimum Gasteiger partial charge on any atom is -0.480 e. The predicted octanol–water partition coefficient (Wildman–Crippen LogP) is 1.79. The van der Waals surface area contributed by atoms with Crippen LogP contribution in [0.25, 0.3) is 0 Å². The molecule has 1 aliphatic heterocycles. The molecule has 0 aromatic carbocycles. The first-order valence-corrected chi connectivity index (χ1v) is 4.68. The van der Waals surface area contributed by atoms with Gasteiger partial charge in [-0.05, 0) is 6.08 Å². The van der Waals surface area contributed by atoms with Gasteiger partial charge in [0, 0.05) is 6.21 Å². The Balaban J connectivity index is 2.59. The number of hydrogen-bond donors (Lipinski definition) is 1. The van der Waals surface area contributed by atoms with Crippen molar-refractivity contribution in [1.29, 1.82) is 0 Å². The third kappa shape index (κ3) is 3.46. The molecule has 1 unspecified atom stereocenters. The molecule has 78 valence electrons. The number of hydrogen-bond acceptors (Lipinski definition) is 3. The van der Waals surface area contributed by atoms with Crippen LogP contribution in [-0.2, 0) is 9.53 Å². The molecule has 0 spiro atoms. The van der Waals surface area contributed by atoms with E-state index in [9.17, 15) is 4.79 Å². The predicted molar refractivity (Wildman–Crippen MR) is 54.2 cm³/mol. The molecule has 1 atom stereocenters. The van der Waals surface area contributed by atoms with E-state index in [1.165, 1.54) is 12.3 Å². The van der Waals surface area contributed by atoms with Crippen LogP contribution in [0.15, 0.2) is 16.1 Å². The van der Waals surface area contributed by atoms with E-state index in [4.69, 9.17) is 44.6 Å². The van der Waals surface area contributed by atoms with E-state index >= 15 is 0 Å². The number of aliphatic carboxylic acids is 1. The monoisotopic (exact) mass is 257 g/mol. The van der Waals surface area contributed by atoms with Crippen LogP contribution in [0, 0.1) is 0 Å². The Morgan fingerprint density at radius 3 is 2.86 bits per heavy atom. The highest BCUT2D eigenvalue weighted by Gasteiger charge is 2.27. The third-order valence-corrected chi connectivity index (χ3v) is 2.02. The number of rotatable bonds is 3. The largest absolute Gasteiger partial charge is 0.480 e. The molecule has 1 aliphatic rings. The Bertz CT molecular complexity index is 301. The molecule has 0 amide bonds. The summed E-state index contributed by atoms with van der Waals surface area (Å²) in [6, 6.07) is 0. The van der Waals surface area contributed by atoms with Gasteiger partial charge < -0.3 is 9.84 Å². The van der Waals surface area contributed by atoms with Crippen molar-refractivity contribution < 1.29 is 14.6 Å². The normalized spacial score (nSPS) is 24.5. The summed E-state index contributed by atoms with van der Waals surface area (Å²) >= 11 is 17.1. The van der Waals surface area contributed by atoms with Crippen LogP contribution < -0.4 is 0 Å². The van der Waals surface area contributed by atoms with Crippen LogP contribution >= 0.6 is 34.8 Å². The number of dihydropyridines is 1. The minimum absolute atomic E-state index is 0.166. The van der Waals surface area contributed by atoms with Gasteiger partial charge in [0.15, 0.2) is 10.6 Å². The number of carboxylic acids is 1. The summed E-state index contributed by atoms with van der Waals surface area (Å²) in [5.41, 5.74) is 0. The standard InChI is InChI=1S/C7H6Cl3NO3/c8-4-1-7(9,10)3-11-6(4)14-2-5(12)13/h1,3,6H,2H2,(H,12,13). The lowest BCUT2D eigenvalue weighted by Crippen LogP contribution is -2.25. The summed E-state index contributed by atoms with van der Waals surface area (Å²) in [5, 5.41) is 8.51. The van der Waals surface area contributed by atoms with E-state index in [-0.39, 0.29) is 5.03 Å². The lowest BCUT2D eigenvalue weighted by molar-refractivity contribution is -0.143. The molecule has 0 aromatic heterocycles. The van der Waals surface area contributed by atoms with Crippen LogP contribution in [0.2, 0.25) is 0 Å². The average Bonchev–Trinajstić information content (AvgIpc) is 2.00. The first kappa shape index (κ1) is 11.8. The van der Waals surface area contributed by atoms with Crippen LogP contribution in [0.4, 0.5) is 0 Å². The third-order valence-electron chi connectivity index (χ3n) is 1.31. The Morgan fingerprint density at radius 1 is 1.71 bits per heavy atom. The number of carboxylic acid groups (broad SMARTS) is 1. The summed E-state index contributed by atoms with van der Waals surface area (Å²) in [7, 11) is 0. The summed E-state index contributed by atoms with van der Waals surface area (Å²) in [6.45, 7) is -0.483. The fourth-order valence-electron chi connectivity index (χ4n) is 0.804. The summed E-state index contributed by atoms with van der Waals surface area (Å²) in [5.74, 6) is -1.10. The van der Waals surface area contributed by atoms with Crippen molar-refractivity contribution in [3.8, 4) is 0 Å². The van der Waals surface area contributed by atoms with Crippen LogP contribution in [0.1, 0.15) is 0 Å². The van der Waals surface area contributed by atoms with Crippen molar-refractivity contribution in [3.63, 3.8) is 0 Å². The van der Waals surface area contributed by atoms with Crippen LogP contribution in [0.5, 0.6) is 0 Å². The Labute approximate surface area is 95.1 Å². The van der Waals surface area contributed by atoms with Gasteiger partial charge >= 0.3 is 5.97 Å². The van der Waals surface area contributed by atoms with E-state index in [1.807, 2.05) is 0 Å². The molecule has 0 fully saturated rings. The van der Waals surface area contributed by atoms with Gasteiger partial charge in [0.05, 0.1) is 5.03 Å². The summed E-state index contributed by atoms with van der Waals surface area (Å²) in [4.78, 5) is 13.9. The van der Waals surface area contributed by atoms with Crippen molar-refractivity contribution >= 4 is 47.0 Å². The van der Waals surface area contributed by atoms with Gasteiger partial charge in [-0.1, -0.05) is 34.8 Å². The quantitative estimate of drug-likeness (QED) is 0.785. The second kappa shape index (κ2) is 4.49. The number of alkyl halides is 2. The Kier molecular flexibility index (Phi) is 3.78. The van der Waals surface area contributed by atoms with Crippen molar-refractivity contribution in [2.45, 2.75) is 10.6 Å².